The molecule has 0 aliphatic carbocycles. The number of ether oxygens (including phenoxy) is 2. The van der Waals surface area contributed by atoms with E-state index in [4.69, 9.17) is 15.2 Å². The second-order valence-electron chi connectivity index (χ2n) is 4.73. The third-order valence-corrected chi connectivity index (χ3v) is 3.52. The first kappa shape index (κ1) is 11.3. The molecule has 2 N–H and O–H groups in total. The van der Waals surface area contributed by atoms with Gasteiger partial charge in [-0.2, -0.15) is 0 Å². The van der Waals surface area contributed by atoms with Gasteiger partial charge in [-0.25, -0.2) is 0 Å². The minimum atomic E-state index is 0.480. The lowest BCUT2D eigenvalue weighted by Crippen LogP contribution is -2.30. The first-order valence-corrected chi connectivity index (χ1v) is 5.93. The third-order valence-electron chi connectivity index (χ3n) is 3.52. The van der Waals surface area contributed by atoms with E-state index >= 15 is 0 Å². The van der Waals surface area contributed by atoms with Crippen molar-refractivity contribution in [3.05, 3.63) is 0 Å². The van der Waals surface area contributed by atoms with Crippen LogP contribution in [0.5, 0.6) is 0 Å². The molecule has 0 bridgehead atoms. The Balaban J connectivity index is 1.64. The fraction of sp³-hybridized carbons (Fsp3) is 1.00. The Hall–Kier alpha value is -0.160. The Kier molecular flexibility index (Phi) is 3.97. The molecule has 88 valence electrons. The van der Waals surface area contributed by atoms with Gasteiger partial charge in [-0.1, -0.05) is 0 Å². The van der Waals surface area contributed by atoms with Crippen molar-refractivity contribution in [1.29, 1.82) is 0 Å². The first-order chi connectivity index (χ1) is 7.35. The van der Waals surface area contributed by atoms with Crippen LogP contribution in [0.1, 0.15) is 12.8 Å². The highest BCUT2D eigenvalue weighted by Crippen LogP contribution is 2.37. The predicted octanol–water partition coefficient (Wildman–Crippen LogP) is 0.0741. The van der Waals surface area contributed by atoms with Gasteiger partial charge in [-0.3, -0.25) is 0 Å². The van der Waals surface area contributed by atoms with Crippen LogP contribution >= 0.6 is 0 Å². The first-order valence-electron chi connectivity index (χ1n) is 5.93. The van der Waals surface area contributed by atoms with Crippen molar-refractivity contribution in [3.8, 4) is 0 Å². The summed E-state index contributed by atoms with van der Waals surface area (Å²) in [5.41, 5.74) is 5.84. The fourth-order valence-corrected chi connectivity index (χ4v) is 2.57. The summed E-state index contributed by atoms with van der Waals surface area (Å²) in [4.78, 5) is 2.49. The van der Waals surface area contributed by atoms with Crippen molar-refractivity contribution >= 4 is 0 Å². The van der Waals surface area contributed by atoms with Gasteiger partial charge in [0.2, 0.25) is 0 Å². The number of hydrogen-bond donors (Lipinski definition) is 1. The smallest absolute Gasteiger partial charge is 0.0594 e. The zero-order valence-electron chi connectivity index (χ0n) is 9.41. The number of likely N-dealkylation sites (tertiary alicyclic amines) is 1. The highest BCUT2D eigenvalue weighted by atomic mass is 16.5. The quantitative estimate of drug-likeness (QED) is 0.658. The highest BCUT2D eigenvalue weighted by molar-refractivity contribution is 4.92. The van der Waals surface area contributed by atoms with E-state index < -0.39 is 0 Å². The summed E-state index contributed by atoms with van der Waals surface area (Å²) >= 11 is 0. The summed E-state index contributed by atoms with van der Waals surface area (Å²) in [5, 5.41) is 0. The van der Waals surface area contributed by atoms with E-state index in [1.54, 1.807) is 0 Å². The zero-order chi connectivity index (χ0) is 10.6. The molecule has 0 amide bonds. The molecular weight excluding hydrogens is 192 g/mol. The SMILES string of the molecule is NCCOCCN1CCC2(CCOC2)C1. The van der Waals surface area contributed by atoms with Gasteiger partial charge in [0.1, 0.15) is 0 Å². The lowest BCUT2D eigenvalue weighted by atomic mass is 9.87. The molecule has 4 heteroatoms. The van der Waals surface area contributed by atoms with Crippen LogP contribution in [0.25, 0.3) is 0 Å². The number of rotatable bonds is 5. The van der Waals surface area contributed by atoms with Gasteiger partial charge in [-0.05, 0) is 19.4 Å². The minimum Gasteiger partial charge on any atom is -0.381 e. The maximum atomic E-state index is 5.50. The summed E-state index contributed by atoms with van der Waals surface area (Å²) in [5.74, 6) is 0. The standard InChI is InChI=1S/C11H22N2O2/c12-3-7-14-8-5-13-4-1-11(9-13)2-6-15-10-11/h1-10,12H2. The van der Waals surface area contributed by atoms with E-state index in [0.29, 0.717) is 18.6 Å². The molecule has 2 fully saturated rings. The molecular formula is C11H22N2O2. The topological polar surface area (TPSA) is 47.7 Å². The molecule has 2 saturated heterocycles. The molecule has 1 atom stereocenters. The lowest BCUT2D eigenvalue weighted by Gasteiger charge is -2.21. The maximum Gasteiger partial charge on any atom is 0.0594 e. The molecule has 0 saturated carbocycles. The van der Waals surface area contributed by atoms with Crippen LogP contribution in [0, 0.1) is 5.41 Å². The monoisotopic (exact) mass is 214 g/mol. The molecule has 2 rings (SSSR count). The van der Waals surface area contributed by atoms with Crippen molar-refractivity contribution in [2.45, 2.75) is 12.8 Å². The van der Waals surface area contributed by atoms with Gasteiger partial charge >= 0.3 is 0 Å². The Bertz CT molecular complexity index is 193. The molecule has 0 radical (unpaired) electrons. The molecule has 0 aromatic carbocycles. The molecule has 1 unspecified atom stereocenters. The Morgan fingerprint density at radius 2 is 2.27 bits per heavy atom. The second kappa shape index (κ2) is 5.25. The lowest BCUT2D eigenvalue weighted by molar-refractivity contribution is 0.109. The van der Waals surface area contributed by atoms with E-state index in [1.165, 1.54) is 25.9 Å². The van der Waals surface area contributed by atoms with E-state index in [2.05, 4.69) is 4.90 Å². The summed E-state index contributed by atoms with van der Waals surface area (Å²) in [6.07, 6.45) is 2.54. The van der Waals surface area contributed by atoms with Crippen molar-refractivity contribution in [2.75, 3.05) is 52.6 Å². The summed E-state index contributed by atoms with van der Waals surface area (Å²) in [6.45, 7) is 7.48. The van der Waals surface area contributed by atoms with Crippen molar-refractivity contribution in [3.63, 3.8) is 0 Å². The van der Waals surface area contributed by atoms with Gasteiger partial charge in [0.15, 0.2) is 0 Å². The van der Waals surface area contributed by atoms with Gasteiger partial charge in [0.25, 0.3) is 0 Å². The van der Waals surface area contributed by atoms with E-state index in [-0.39, 0.29) is 0 Å². The average molecular weight is 214 g/mol. The molecule has 1 spiro atoms. The Morgan fingerprint density at radius 1 is 1.33 bits per heavy atom. The molecule has 2 aliphatic rings. The van der Waals surface area contributed by atoms with Crippen LogP contribution in [-0.4, -0.2) is 57.5 Å². The zero-order valence-corrected chi connectivity index (χ0v) is 9.41. The van der Waals surface area contributed by atoms with Crippen LogP contribution in [0.15, 0.2) is 0 Å². The van der Waals surface area contributed by atoms with Gasteiger partial charge in [0.05, 0.1) is 19.8 Å². The van der Waals surface area contributed by atoms with Crippen LogP contribution in [-0.2, 0) is 9.47 Å². The van der Waals surface area contributed by atoms with E-state index in [0.717, 1.165) is 26.4 Å². The van der Waals surface area contributed by atoms with Gasteiger partial charge in [0, 0.05) is 31.7 Å². The van der Waals surface area contributed by atoms with Gasteiger partial charge in [-0.15, -0.1) is 0 Å². The molecule has 4 nitrogen and oxygen atoms in total. The van der Waals surface area contributed by atoms with Crippen molar-refractivity contribution in [1.82, 2.24) is 4.90 Å². The average Bonchev–Trinajstić information content (AvgIpc) is 2.85. The summed E-state index contributed by atoms with van der Waals surface area (Å²) in [7, 11) is 0. The number of hydrogen-bond acceptors (Lipinski definition) is 4. The molecule has 15 heavy (non-hydrogen) atoms. The van der Waals surface area contributed by atoms with Crippen molar-refractivity contribution < 1.29 is 9.47 Å². The molecule has 0 aromatic heterocycles. The maximum absolute atomic E-state index is 5.50. The number of nitrogens with two attached hydrogens (primary N) is 1. The van der Waals surface area contributed by atoms with E-state index in [9.17, 15) is 0 Å². The highest BCUT2D eigenvalue weighted by Gasteiger charge is 2.40. The minimum absolute atomic E-state index is 0.480. The van der Waals surface area contributed by atoms with Crippen molar-refractivity contribution in [2.24, 2.45) is 11.1 Å². The Morgan fingerprint density at radius 3 is 3.00 bits per heavy atom. The molecule has 0 aromatic rings. The summed E-state index contributed by atoms with van der Waals surface area (Å²) in [6, 6.07) is 0. The van der Waals surface area contributed by atoms with Crippen LogP contribution in [0.3, 0.4) is 0 Å². The molecule has 2 heterocycles. The fourth-order valence-electron chi connectivity index (χ4n) is 2.57. The Labute approximate surface area is 91.7 Å². The van der Waals surface area contributed by atoms with Crippen LogP contribution in [0.4, 0.5) is 0 Å². The predicted molar refractivity (Wildman–Crippen MR) is 58.8 cm³/mol. The largest absolute Gasteiger partial charge is 0.381 e. The normalized spacial score (nSPS) is 31.8. The third kappa shape index (κ3) is 2.91. The summed E-state index contributed by atoms with van der Waals surface area (Å²) < 4.78 is 10.9. The van der Waals surface area contributed by atoms with E-state index in [1.807, 2.05) is 0 Å². The van der Waals surface area contributed by atoms with Gasteiger partial charge < -0.3 is 20.1 Å². The second-order valence-corrected chi connectivity index (χ2v) is 4.73. The van der Waals surface area contributed by atoms with Crippen LogP contribution < -0.4 is 5.73 Å². The molecule has 2 aliphatic heterocycles. The van der Waals surface area contributed by atoms with Crippen LogP contribution in [0.2, 0.25) is 0 Å². The number of nitrogens with zero attached hydrogens (tertiary/aromatic N) is 1.